The number of hydrogen-bond acceptors (Lipinski definition) is 0. The van der Waals surface area contributed by atoms with Crippen molar-refractivity contribution in [1.82, 2.24) is 0 Å². The molecule has 2 aromatic carbocycles. The first-order valence-electron chi connectivity index (χ1n) is 24.9. The van der Waals surface area contributed by atoms with Gasteiger partial charge in [0.25, 0.3) is 0 Å². The Hall–Kier alpha value is -2.17. The first-order chi connectivity index (χ1) is 28.6. The van der Waals surface area contributed by atoms with Crippen LogP contribution in [-0.2, 0) is 27.3 Å². The summed E-state index contributed by atoms with van der Waals surface area (Å²) >= 11 is 2.00. The molecule has 0 heterocycles. The van der Waals surface area contributed by atoms with E-state index in [9.17, 15) is 5.53 Å². The first kappa shape index (κ1) is 53.9. The van der Waals surface area contributed by atoms with Crippen LogP contribution in [0.1, 0.15) is 250 Å². The standard InChI is InChI=1S/C41H62N2.2C7H15.Ni/c1-5-9-13-15-17-20-25-36-27-23-30-38(33-36)41(37-29-22-26-35(32-37)24-19-11-7-3)40(31-21-18-16-14-10-6-2)39(34-43-42)28-12-8-4;2*1-3-5-7-6-4-2;/h22-23,26-27,29-30,32-33H,5-21,24-25,28,31H2,1-4H3;2*1,3-7H2,2H3;. The quantitative estimate of drug-likeness (QED) is 0.0164. The van der Waals surface area contributed by atoms with Crippen molar-refractivity contribution in [1.29, 1.82) is 0 Å². The van der Waals surface area contributed by atoms with Crippen molar-refractivity contribution in [3.05, 3.63) is 87.5 Å². The summed E-state index contributed by atoms with van der Waals surface area (Å²) in [4.78, 5) is 3.48. The van der Waals surface area contributed by atoms with Crippen LogP contribution in [0.15, 0.2) is 59.7 Å². The number of hydrogen-bond donors (Lipinski definition) is 0. The van der Waals surface area contributed by atoms with Crippen molar-refractivity contribution in [3.63, 3.8) is 0 Å². The third kappa shape index (κ3) is 27.6. The minimum absolute atomic E-state index is 0.892. The van der Waals surface area contributed by atoms with E-state index in [-0.39, 0.29) is 0 Å². The van der Waals surface area contributed by atoms with Crippen molar-refractivity contribution < 1.29 is 19.2 Å². The molecular formula is C55H92N2Ni. The molecule has 0 aromatic heterocycles. The second-order valence-electron chi connectivity index (χ2n) is 16.8. The SMILES string of the molecule is CCCCCCCCC(C(=C=[N+]=[N-])CCCC)=C(c1cccc(CCCCC)c1)c1cccc(CCCCCCCC)c1.CCCCCC[CH2][Ni][CH2]CCCCCC. The molecule has 0 atom stereocenters. The Morgan fingerprint density at radius 1 is 0.466 bits per heavy atom. The predicted octanol–water partition coefficient (Wildman–Crippen LogP) is 18.7. The maximum atomic E-state index is 9.73. The monoisotopic (exact) mass is 839 g/mol. The van der Waals surface area contributed by atoms with Crippen molar-refractivity contribution in [2.24, 2.45) is 0 Å². The molecule has 0 unspecified atom stereocenters. The Kier molecular flexibility index (Phi) is 37.4. The van der Waals surface area contributed by atoms with E-state index < -0.39 is 0 Å². The summed E-state index contributed by atoms with van der Waals surface area (Å²) in [6, 6.07) is 18.6. The zero-order valence-corrected chi connectivity index (χ0v) is 40.2. The second kappa shape index (κ2) is 40.3. The maximum absolute atomic E-state index is 9.73. The Labute approximate surface area is 367 Å². The molecule has 0 bridgehead atoms. The van der Waals surface area contributed by atoms with E-state index in [4.69, 9.17) is 0 Å². The minimum atomic E-state index is 0.892. The molecule has 3 heteroatoms. The molecule has 0 fully saturated rings. The molecule has 0 aliphatic heterocycles. The van der Waals surface area contributed by atoms with Crippen molar-refractivity contribution in [3.8, 4) is 0 Å². The van der Waals surface area contributed by atoms with Gasteiger partial charge in [-0.3, -0.25) is 0 Å². The summed E-state index contributed by atoms with van der Waals surface area (Å²) in [5, 5.41) is 2.84. The summed E-state index contributed by atoms with van der Waals surface area (Å²) < 4.78 is 0. The normalized spacial score (nSPS) is 11.5. The molecule has 0 saturated carbocycles. The van der Waals surface area contributed by atoms with Gasteiger partial charge in [0, 0.05) is 0 Å². The van der Waals surface area contributed by atoms with Crippen LogP contribution >= 0.6 is 0 Å². The average molecular weight is 840 g/mol. The molecule has 0 amide bonds. The van der Waals surface area contributed by atoms with Crippen LogP contribution in [0, 0.1) is 0 Å². The Morgan fingerprint density at radius 3 is 1.33 bits per heavy atom. The summed E-state index contributed by atoms with van der Waals surface area (Å²) in [6.07, 6.45) is 39.9. The fraction of sp³-hybridized carbons (Fsp3) is 0.709. The van der Waals surface area contributed by atoms with Crippen LogP contribution in [0.25, 0.3) is 11.1 Å². The van der Waals surface area contributed by atoms with Gasteiger partial charge < -0.3 is 5.53 Å². The number of allylic oxidation sites excluding steroid dienone is 2. The summed E-state index contributed by atoms with van der Waals surface area (Å²) in [5.74, 6) is 3.07. The van der Waals surface area contributed by atoms with E-state index in [0.29, 0.717) is 0 Å². The van der Waals surface area contributed by atoms with Gasteiger partial charge in [0.1, 0.15) is 0 Å². The van der Waals surface area contributed by atoms with E-state index in [1.807, 2.05) is 14.4 Å². The average Bonchev–Trinajstić information content (AvgIpc) is 3.24. The third-order valence-corrected chi connectivity index (χ3v) is 12.8. The van der Waals surface area contributed by atoms with Crippen LogP contribution in [0.3, 0.4) is 0 Å². The number of rotatable bonds is 36. The van der Waals surface area contributed by atoms with Crippen LogP contribution in [0.2, 0.25) is 10.8 Å². The Morgan fingerprint density at radius 2 is 0.862 bits per heavy atom. The van der Waals surface area contributed by atoms with Gasteiger partial charge in [0.05, 0.1) is 5.57 Å². The van der Waals surface area contributed by atoms with Gasteiger partial charge in [0.15, 0.2) is 0 Å². The summed E-state index contributed by atoms with van der Waals surface area (Å²) in [6.45, 7) is 13.6. The molecule has 0 radical (unpaired) electrons. The summed E-state index contributed by atoms with van der Waals surface area (Å²) in [5.41, 5.74) is 18.9. The van der Waals surface area contributed by atoms with Crippen molar-refractivity contribution >= 4 is 11.4 Å². The van der Waals surface area contributed by atoms with Gasteiger partial charge in [-0.25, -0.2) is 0 Å². The molecule has 0 spiro atoms. The van der Waals surface area contributed by atoms with Crippen LogP contribution in [0.5, 0.6) is 0 Å². The van der Waals surface area contributed by atoms with Crippen LogP contribution < -0.4 is 0 Å². The van der Waals surface area contributed by atoms with E-state index in [1.165, 1.54) is 198 Å². The van der Waals surface area contributed by atoms with Crippen molar-refractivity contribution in [2.75, 3.05) is 0 Å². The third-order valence-electron chi connectivity index (χ3n) is 11.4. The molecule has 0 aliphatic rings. The molecule has 0 N–H and O–H groups in total. The van der Waals surface area contributed by atoms with E-state index >= 15 is 0 Å². The first-order valence-corrected chi connectivity index (χ1v) is 26.3. The van der Waals surface area contributed by atoms with Gasteiger partial charge >= 0.3 is 109 Å². The number of nitrogens with zero attached hydrogens (tertiary/aromatic N) is 2. The molecule has 332 valence electrons. The fourth-order valence-electron chi connectivity index (χ4n) is 7.77. The Balaban J connectivity index is 0.000000945. The topological polar surface area (TPSA) is 36.4 Å². The van der Waals surface area contributed by atoms with Gasteiger partial charge in [-0.05, 0) is 84.8 Å². The van der Waals surface area contributed by atoms with Crippen LogP contribution in [0.4, 0.5) is 0 Å². The molecular weight excluding hydrogens is 747 g/mol. The molecule has 0 saturated heterocycles. The summed E-state index contributed by atoms with van der Waals surface area (Å²) in [7, 11) is 0. The van der Waals surface area contributed by atoms with E-state index in [0.717, 1.165) is 50.5 Å². The fourth-order valence-corrected chi connectivity index (χ4v) is 9.00. The van der Waals surface area contributed by atoms with Gasteiger partial charge in [-0.15, -0.1) is 4.79 Å². The number of aryl methyl sites for hydroxylation is 2. The zero-order valence-electron chi connectivity index (χ0n) is 39.2. The van der Waals surface area contributed by atoms with Gasteiger partial charge in [-0.1, -0.05) is 160 Å². The molecule has 2 nitrogen and oxygen atoms in total. The van der Waals surface area contributed by atoms with Gasteiger partial charge in [-0.2, -0.15) is 0 Å². The van der Waals surface area contributed by atoms with Gasteiger partial charge in [0.2, 0.25) is 0 Å². The van der Waals surface area contributed by atoms with Crippen LogP contribution in [-0.4, -0.2) is 10.7 Å². The number of unbranched alkanes of at least 4 members (excludes halogenated alkanes) is 21. The van der Waals surface area contributed by atoms with Crippen molar-refractivity contribution in [2.45, 2.75) is 251 Å². The molecule has 58 heavy (non-hydrogen) atoms. The Bertz CT molecular complexity index is 1350. The van der Waals surface area contributed by atoms with E-state index in [2.05, 4.69) is 101 Å². The second-order valence-corrected chi connectivity index (χ2v) is 18.3. The zero-order chi connectivity index (χ0) is 42.2. The molecule has 0 aliphatic carbocycles. The predicted molar refractivity (Wildman–Crippen MR) is 256 cm³/mol. The molecule has 2 rings (SSSR count). The molecule has 2 aromatic rings. The van der Waals surface area contributed by atoms with E-state index in [1.54, 1.807) is 0 Å². The number of benzene rings is 2.